The molecule has 0 atom stereocenters. The van der Waals surface area contributed by atoms with Gasteiger partial charge in [0, 0.05) is 16.9 Å². The zero-order valence-corrected chi connectivity index (χ0v) is 11.4. The molecule has 0 unspecified atom stereocenters. The van der Waals surface area contributed by atoms with Crippen LogP contribution in [0.2, 0.25) is 0 Å². The highest BCUT2D eigenvalue weighted by Gasteiger charge is 2.31. The SMILES string of the molecule is NC(=S)c1cc(C(F)(F)F)ccc1Nc1cccc(F)c1. The van der Waals surface area contributed by atoms with Crippen molar-refractivity contribution < 1.29 is 17.6 Å². The molecule has 0 saturated heterocycles. The van der Waals surface area contributed by atoms with Crippen LogP contribution in [0.4, 0.5) is 28.9 Å². The van der Waals surface area contributed by atoms with E-state index >= 15 is 0 Å². The Hall–Kier alpha value is -2.15. The first-order valence-corrected chi connectivity index (χ1v) is 6.22. The normalized spacial score (nSPS) is 11.2. The Bertz CT molecular complexity index is 683. The average molecular weight is 314 g/mol. The molecule has 0 amide bonds. The molecular formula is C14H10F4N2S. The van der Waals surface area contributed by atoms with Crippen LogP contribution in [0.5, 0.6) is 0 Å². The van der Waals surface area contributed by atoms with Crippen LogP contribution in [0.25, 0.3) is 0 Å². The number of alkyl halides is 3. The van der Waals surface area contributed by atoms with Crippen LogP contribution >= 0.6 is 12.2 Å². The molecule has 2 rings (SSSR count). The van der Waals surface area contributed by atoms with Crippen LogP contribution in [0.3, 0.4) is 0 Å². The van der Waals surface area contributed by atoms with Gasteiger partial charge in [-0.05, 0) is 36.4 Å². The number of thiocarbonyl (C=S) groups is 1. The second kappa shape index (κ2) is 5.69. The largest absolute Gasteiger partial charge is 0.416 e. The number of nitrogens with one attached hydrogen (secondary N) is 1. The summed E-state index contributed by atoms with van der Waals surface area (Å²) >= 11 is 4.77. The van der Waals surface area contributed by atoms with E-state index < -0.39 is 17.6 Å². The Morgan fingerprint density at radius 2 is 1.81 bits per heavy atom. The first kappa shape index (κ1) is 15.2. The zero-order chi connectivity index (χ0) is 15.6. The third kappa shape index (κ3) is 3.69. The second-order valence-corrected chi connectivity index (χ2v) is 4.70. The maximum absolute atomic E-state index is 13.1. The van der Waals surface area contributed by atoms with Crippen molar-refractivity contribution in [3.63, 3.8) is 0 Å². The van der Waals surface area contributed by atoms with Gasteiger partial charge in [-0.15, -0.1) is 0 Å². The van der Waals surface area contributed by atoms with Crippen LogP contribution in [-0.2, 0) is 6.18 Å². The predicted molar refractivity (Wildman–Crippen MR) is 77.0 cm³/mol. The molecule has 0 fully saturated rings. The monoisotopic (exact) mass is 314 g/mol. The molecule has 7 heteroatoms. The van der Waals surface area contributed by atoms with Gasteiger partial charge in [-0.1, -0.05) is 18.3 Å². The van der Waals surface area contributed by atoms with Crippen molar-refractivity contribution in [1.29, 1.82) is 0 Å². The first-order chi connectivity index (χ1) is 9.77. The molecule has 0 radical (unpaired) electrons. The van der Waals surface area contributed by atoms with Gasteiger partial charge in [-0.3, -0.25) is 0 Å². The summed E-state index contributed by atoms with van der Waals surface area (Å²) in [5.41, 5.74) is 5.31. The molecule has 0 aromatic heterocycles. The lowest BCUT2D eigenvalue weighted by Gasteiger charge is -2.14. The Balaban J connectivity index is 2.42. The highest BCUT2D eigenvalue weighted by Crippen LogP contribution is 2.32. The van der Waals surface area contributed by atoms with Crippen molar-refractivity contribution in [2.45, 2.75) is 6.18 Å². The molecule has 2 nitrogen and oxygen atoms in total. The molecule has 3 N–H and O–H groups in total. The highest BCUT2D eigenvalue weighted by molar-refractivity contribution is 7.80. The van der Waals surface area contributed by atoms with Crippen LogP contribution < -0.4 is 11.1 Å². The number of hydrogen-bond acceptors (Lipinski definition) is 2. The van der Waals surface area contributed by atoms with E-state index in [1.165, 1.54) is 24.3 Å². The van der Waals surface area contributed by atoms with Crippen LogP contribution in [-0.4, -0.2) is 4.99 Å². The van der Waals surface area contributed by atoms with Crippen LogP contribution in [0, 0.1) is 5.82 Å². The van der Waals surface area contributed by atoms with Gasteiger partial charge in [0.2, 0.25) is 0 Å². The van der Waals surface area contributed by atoms with Gasteiger partial charge in [0.1, 0.15) is 10.8 Å². The molecule has 0 aliphatic carbocycles. The molecule has 0 heterocycles. The second-order valence-electron chi connectivity index (χ2n) is 4.26. The van der Waals surface area contributed by atoms with Gasteiger partial charge >= 0.3 is 6.18 Å². The first-order valence-electron chi connectivity index (χ1n) is 5.81. The average Bonchev–Trinajstić information content (AvgIpc) is 2.37. The third-order valence-corrected chi connectivity index (χ3v) is 2.94. The fourth-order valence-corrected chi connectivity index (χ4v) is 1.92. The highest BCUT2D eigenvalue weighted by atomic mass is 32.1. The van der Waals surface area contributed by atoms with E-state index in [1.54, 1.807) is 6.07 Å². The summed E-state index contributed by atoms with van der Waals surface area (Å²) in [7, 11) is 0. The number of anilines is 2. The number of nitrogens with two attached hydrogens (primary N) is 1. The molecule has 110 valence electrons. The van der Waals surface area contributed by atoms with Crippen molar-refractivity contribution in [2.24, 2.45) is 5.73 Å². The lowest BCUT2D eigenvalue weighted by molar-refractivity contribution is -0.137. The van der Waals surface area contributed by atoms with Crippen LogP contribution in [0.15, 0.2) is 42.5 Å². The molecule has 0 bridgehead atoms. The summed E-state index contributed by atoms with van der Waals surface area (Å²) < 4.78 is 51.2. The van der Waals surface area contributed by atoms with E-state index in [0.717, 1.165) is 12.1 Å². The fourth-order valence-electron chi connectivity index (χ4n) is 1.76. The van der Waals surface area contributed by atoms with E-state index in [-0.39, 0.29) is 16.2 Å². The summed E-state index contributed by atoms with van der Waals surface area (Å²) in [5.74, 6) is -0.469. The third-order valence-electron chi connectivity index (χ3n) is 2.72. The zero-order valence-electron chi connectivity index (χ0n) is 10.5. The van der Waals surface area contributed by atoms with Gasteiger partial charge < -0.3 is 11.1 Å². The van der Waals surface area contributed by atoms with Crippen molar-refractivity contribution in [2.75, 3.05) is 5.32 Å². The molecule has 2 aromatic carbocycles. The quantitative estimate of drug-likeness (QED) is 0.658. The molecule has 0 aliphatic heterocycles. The van der Waals surface area contributed by atoms with Gasteiger partial charge in [0.15, 0.2) is 0 Å². The van der Waals surface area contributed by atoms with Gasteiger partial charge in [-0.25, -0.2) is 4.39 Å². The minimum atomic E-state index is -4.49. The Kier molecular flexibility index (Phi) is 4.13. The van der Waals surface area contributed by atoms with E-state index in [4.69, 9.17) is 18.0 Å². The Morgan fingerprint density at radius 3 is 2.38 bits per heavy atom. The molecule has 21 heavy (non-hydrogen) atoms. The minimum Gasteiger partial charge on any atom is -0.389 e. The molecule has 0 spiro atoms. The topological polar surface area (TPSA) is 38.0 Å². The van der Waals surface area contributed by atoms with Crippen LogP contribution in [0.1, 0.15) is 11.1 Å². The minimum absolute atomic E-state index is 0.0455. The van der Waals surface area contributed by atoms with E-state index in [1.807, 2.05) is 0 Å². The van der Waals surface area contributed by atoms with Gasteiger partial charge in [0.05, 0.1) is 5.56 Å². The van der Waals surface area contributed by atoms with Crippen molar-refractivity contribution >= 4 is 28.6 Å². The van der Waals surface area contributed by atoms with E-state index in [2.05, 4.69) is 5.32 Å². The Labute approximate surface area is 123 Å². The Morgan fingerprint density at radius 1 is 1.10 bits per heavy atom. The summed E-state index contributed by atoms with van der Waals surface area (Å²) in [6.07, 6.45) is -4.49. The lowest BCUT2D eigenvalue weighted by atomic mass is 10.1. The fraction of sp³-hybridized carbons (Fsp3) is 0.0714. The smallest absolute Gasteiger partial charge is 0.389 e. The van der Waals surface area contributed by atoms with E-state index in [0.29, 0.717) is 5.69 Å². The molecular weight excluding hydrogens is 304 g/mol. The molecule has 0 aliphatic rings. The predicted octanol–water partition coefficient (Wildman–Crippen LogP) is 4.22. The number of benzene rings is 2. The maximum atomic E-state index is 13.1. The van der Waals surface area contributed by atoms with Crippen molar-refractivity contribution in [3.05, 3.63) is 59.4 Å². The number of rotatable bonds is 3. The molecule has 2 aromatic rings. The summed E-state index contributed by atoms with van der Waals surface area (Å²) in [6, 6.07) is 8.50. The maximum Gasteiger partial charge on any atom is 0.416 e. The number of halogens is 4. The number of hydrogen-bond donors (Lipinski definition) is 2. The standard InChI is InChI=1S/C14H10F4N2S/c15-9-2-1-3-10(7-9)20-12-5-4-8(14(16,17)18)6-11(12)13(19)21/h1-7,20H,(H2,19,21). The summed E-state index contributed by atoms with van der Waals surface area (Å²) in [5, 5.41) is 2.80. The molecule has 0 saturated carbocycles. The summed E-state index contributed by atoms with van der Waals surface area (Å²) in [6.45, 7) is 0. The lowest BCUT2D eigenvalue weighted by Crippen LogP contribution is -2.14. The summed E-state index contributed by atoms with van der Waals surface area (Å²) in [4.78, 5) is -0.181. The van der Waals surface area contributed by atoms with Crippen molar-refractivity contribution in [3.8, 4) is 0 Å². The van der Waals surface area contributed by atoms with Gasteiger partial charge in [0.25, 0.3) is 0 Å². The van der Waals surface area contributed by atoms with Gasteiger partial charge in [-0.2, -0.15) is 13.2 Å². The van der Waals surface area contributed by atoms with E-state index in [9.17, 15) is 17.6 Å². The van der Waals surface area contributed by atoms with Crippen molar-refractivity contribution in [1.82, 2.24) is 0 Å².